The van der Waals surface area contributed by atoms with Crippen molar-refractivity contribution in [2.75, 3.05) is 20.6 Å². The molecule has 0 radical (unpaired) electrons. The van der Waals surface area contributed by atoms with Crippen LogP contribution < -0.4 is 11.3 Å². The van der Waals surface area contributed by atoms with E-state index in [0.717, 1.165) is 24.3 Å². The molecule has 0 bridgehead atoms. The highest BCUT2D eigenvalue weighted by Crippen LogP contribution is 2.27. The molecule has 1 atom stereocenters. The Morgan fingerprint density at radius 3 is 2.85 bits per heavy atom. The summed E-state index contributed by atoms with van der Waals surface area (Å²) in [6.07, 6.45) is 5.14. The van der Waals surface area contributed by atoms with Gasteiger partial charge >= 0.3 is 0 Å². The first-order valence-electron chi connectivity index (χ1n) is 6.35. The van der Waals surface area contributed by atoms with E-state index in [1.807, 2.05) is 30.9 Å². The molecular formula is C13H19ClN6. The van der Waals surface area contributed by atoms with Crippen LogP contribution in [0.15, 0.2) is 30.7 Å². The van der Waals surface area contributed by atoms with Crippen LogP contribution in [0.2, 0.25) is 5.02 Å². The van der Waals surface area contributed by atoms with Gasteiger partial charge in [0.25, 0.3) is 0 Å². The Labute approximate surface area is 123 Å². The molecule has 0 spiro atoms. The zero-order valence-electron chi connectivity index (χ0n) is 11.6. The van der Waals surface area contributed by atoms with E-state index in [9.17, 15) is 0 Å². The second-order valence-electron chi connectivity index (χ2n) is 4.79. The van der Waals surface area contributed by atoms with E-state index < -0.39 is 0 Å². The first-order chi connectivity index (χ1) is 9.63. The molecule has 0 aliphatic rings. The number of hydrazine groups is 1. The van der Waals surface area contributed by atoms with E-state index in [1.165, 1.54) is 0 Å². The Bertz CT molecular complexity index is 539. The number of likely N-dealkylation sites (N-methyl/N-ethyl adjacent to an activating group) is 1. The molecule has 2 aromatic heterocycles. The zero-order valence-corrected chi connectivity index (χ0v) is 12.4. The van der Waals surface area contributed by atoms with Crippen molar-refractivity contribution >= 4 is 11.6 Å². The van der Waals surface area contributed by atoms with Gasteiger partial charge in [-0.25, -0.2) is 5.43 Å². The number of aromatic nitrogens is 3. The first-order valence-corrected chi connectivity index (χ1v) is 6.73. The predicted molar refractivity (Wildman–Crippen MR) is 79.2 cm³/mol. The number of pyridine rings is 1. The standard InChI is InChI=1S/C13H19ClN6/c1-19(2)6-7-20-13(11(14)9-17-20)12(18-15)10-4-3-5-16-8-10/h3-5,8-9,12,18H,6-7,15H2,1-2H3. The summed E-state index contributed by atoms with van der Waals surface area (Å²) in [5.74, 6) is 5.70. The monoisotopic (exact) mass is 294 g/mol. The van der Waals surface area contributed by atoms with Crippen LogP contribution in [0, 0.1) is 0 Å². The third-order valence-corrected chi connectivity index (χ3v) is 3.34. The minimum absolute atomic E-state index is 0.235. The van der Waals surface area contributed by atoms with Gasteiger partial charge in [0.1, 0.15) is 0 Å². The SMILES string of the molecule is CN(C)CCn1ncc(Cl)c1C(NN)c1cccnc1. The Morgan fingerprint density at radius 2 is 2.25 bits per heavy atom. The molecule has 2 rings (SSSR count). The van der Waals surface area contributed by atoms with E-state index in [-0.39, 0.29) is 6.04 Å². The zero-order chi connectivity index (χ0) is 14.5. The minimum Gasteiger partial charge on any atom is -0.308 e. The predicted octanol–water partition coefficient (Wildman–Crippen LogP) is 1.05. The number of hydrogen-bond acceptors (Lipinski definition) is 5. The van der Waals surface area contributed by atoms with Crippen molar-refractivity contribution in [1.82, 2.24) is 25.1 Å². The molecular weight excluding hydrogens is 276 g/mol. The summed E-state index contributed by atoms with van der Waals surface area (Å²) < 4.78 is 1.87. The maximum atomic E-state index is 6.27. The molecule has 3 N–H and O–H groups in total. The summed E-state index contributed by atoms with van der Waals surface area (Å²) in [6, 6.07) is 3.59. The molecule has 0 saturated carbocycles. The molecule has 0 saturated heterocycles. The average Bonchev–Trinajstić information content (AvgIpc) is 2.80. The second kappa shape index (κ2) is 6.81. The van der Waals surface area contributed by atoms with E-state index >= 15 is 0 Å². The van der Waals surface area contributed by atoms with Gasteiger partial charge in [0, 0.05) is 18.9 Å². The van der Waals surface area contributed by atoms with E-state index in [2.05, 4.69) is 20.4 Å². The fraction of sp³-hybridized carbons (Fsp3) is 0.385. The fourth-order valence-corrected chi connectivity index (χ4v) is 2.26. The summed E-state index contributed by atoms with van der Waals surface area (Å²) in [4.78, 5) is 6.21. The molecule has 108 valence electrons. The molecule has 0 aliphatic carbocycles. The molecule has 2 heterocycles. The van der Waals surface area contributed by atoms with Crippen LogP contribution in [0.5, 0.6) is 0 Å². The van der Waals surface area contributed by atoms with Crippen LogP contribution in [0.25, 0.3) is 0 Å². The van der Waals surface area contributed by atoms with E-state index in [1.54, 1.807) is 18.6 Å². The molecule has 7 heteroatoms. The maximum absolute atomic E-state index is 6.27. The molecule has 0 aromatic carbocycles. The van der Waals surface area contributed by atoms with Gasteiger partial charge in [-0.1, -0.05) is 17.7 Å². The van der Waals surface area contributed by atoms with E-state index in [4.69, 9.17) is 17.4 Å². The van der Waals surface area contributed by atoms with E-state index in [0.29, 0.717) is 5.02 Å². The largest absolute Gasteiger partial charge is 0.308 e. The third kappa shape index (κ3) is 3.34. The number of hydrogen-bond donors (Lipinski definition) is 2. The van der Waals surface area contributed by atoms with Crippen LogP contribution >= 0.6 is 11.6 Å². The lowest BCUT2D eigenvalue weighted by Gasteiger charge is -2.19. The van der Waals surface area contributed by atoms with Crippen LogP contribution in [0.4, 0.5) is 0 Å². The second-order valence-corrected chi connectivity index (χ2v) is 5.20. The summed E-state index contributed by atoms with van der Waals surface area (Å²) in [5.41, 5.74) is 4.59. The van der Waals surface area contributed by atoms with Gasteiger partial charge in [0.2, 0.25) is 0 Å². The Hall–Kier alpha value is -1.47. The average molecular weight is 295 g/mol. The third-order valence-electron chi connectivity index (χ3n) is 3.05. The summed E-state index contributed by atoms with van der Waals surface area (Å²) in [7, 11) is 4.04. The normalized spacial score (nSPS) is 12.8. The van der Waals surface area contributed by atoms with Crippen molar-refractivity contribution in [3.8, 4) is 0 Å². The Morgan fingerprint density at radius 1 is 1.45 bits per heavy atom. The molecule has 2 aromatic rings. The van der Waals surface area contributed by atoms with Gasteiger partial charge in [-0.3, -0.25) is 15.5 Å². The molecule has 0 fully saturated rings. The molecule has 0 amide bonds. The molecule has 1 unspecified atom stereocenters. The van der Waals surface area contributed by atoms with Gasteiger partial charge in [0.15, 0.2) is 0 Å². The number of nitrogens with one attached hydrogen (secondary N) is 1. The van der Waals surface area contributed by atoms with Gasteiger partial charge in [0.05, 0.1) is 29.5 Å². The lowest BCUT2D eigenvalue weighted by atomic mass is 10.1. The summed E-state index contributed by atoms with van der Waals surface area (Å²) in [6.45, 7) is 1.61. The minimum atomic E-state index is -0.235. The Balaban J connectivity index is 2.32. The molecule has 0 aliphatic heterocycles. The van der Waals surface area contributed by atoms with Crippen molar-refractivity contribution in [2.24, 2.45) is 5.84 Å². The number of halogens is 1. The van der Waals surface area contributed by atoms with Crippen molar-refractivity contribution in [3.63, 3.8) is 0 Å². The van der Waals surface area contributed by atoms with Gasteiger partial charge in [-0.15, -0.1) is 0 Å². The quantitative estimate of drug-likeness (QED) is 0.615. The molecule has 6 nitrogen and oxygen atoms in total. The van der Waals surface area contributed by atoms with Gasteiger partial charge in [-0.05, 0) is 25.7 Å². The summed E-state index contributed by atoms with van der Waals surface area (Å²) in [5, 5.41) is 4.92. The molecule has 20 heavy (non-hydrogen) atoms. The van der Waals surface area contributed by atoms with Crippen LogP contribution in [0.3, 0.4) is 0 Å². The van der Waals surface area contributed by atoms with Crippen molar-refractivity contribution in [2.45, 2.75) is 12.6 Å². The van der Waals surface area contributed by atoms with Crippen molar-refractivity contribution in [3.05, 3.63) is 47.0 Å². The topological polar surface area (TPSA) is 72.0 Å². The van der Waals surface area contributed by atoms with Crippen LogP contribution in [0.1, 0.15) is 17.3 Å². The highest BCUT2D eigenvalue weighted by molar-refractivity contribution is 6.31. The smallest absolute Gasteiger partial charge is 0.0908 e. The Kier molecular flexibility index (Phi) is 5.08. The highest BCUT2D eigenvalue weighted by atomic mass is 35.5. The lowest BCUT2D eigenvalue weighted by Crippen LogP contribution is -2.32. The number of nitrogens with zero attached hydrogens (tertiary/aromatic N) is 4. The van der Waals surface area contributed by atoms with Crippen LogP contribution in [-0.4, -0.2) is 40.3 Å². The summed E-state index contributed by atoms with van der Waals surface area (Å²) >= 11 is 6.27. The number of rotatable bonds is 6. The lowest BCUT2D eigenvalue weighted by molar-refractivity contribution is 0.365. The fourth-order valence-electron chi connectivity index (χ4n) is 2.01. The number of nitrogens with two attached hydrogens (primary N) is 1. The van der Waals surface area contributed by atoms with Gasteiger partial charge < -0.3 is 4.90 Å². The van der Waals surface area contributed by atoms with Crippen molar-refractivity contribution in [1.29, 1.82) is 0 Å². The van der Waals surface area contributed by atoms with Gasteiger partial charge in [-0.2, -0.15) is 5.10 Å². The first kappa shape index (κ1) is 14.9. The van der Waals surface area contributed by atoms with Crippen LogP contribution in [-0.2, 0) is 6.54 Å². The van der Waals surface area contributed by atoms with Crippen molar-refractivity contribution < 1.29 is 0 Å². The maximum Gasteiger partial charge on any atom is 0.0908 e. The highest BCUT2D eigenvalue weighted by Gasteiger charge is 2.21.